The smallest absolute Gasteiger partial charge is 0.0510 e. The van der Waals surface area contributed by atoms with Crippen LogP contribution in [0.4, 0.5) is 0 Å². The van der Waals surface area contributed by atoms with Crippen molar-refractivity contribution in [2.24, 2.45) is 5.11 Å². The quantitative estimate of drug-likeness (QED) is 0.325. The van der Waals surface area contributed by atoms with Crippen LogP contribution in [-0.2, 0) is 6.54 Å². The average Bonchev–Trinajstić information content (AvgIpc) is 2.48. The molecule has 18 heavy (non-hydrogen) atoms. The highest BCUT2D eigenvalue weighted by Crippen LogP contribution is 1.99. The first-order valence-electron chi connectivity index (χ1n) is 5.43. The van der Waals surface area contributed by atoms with Crippen LogP contribution in [0.2, 0.25) is 0 Å². The highest BCUT2D eigenvalue weighted by atomic mass is 15.1. The van der Waals surface area contributed by atoms with Gasteiger partial charge in [0.05, 0.1) is 6.54 Å². The Morgan fingerprint density at radius 2 is 1.56 bits per heavy atom. The van der Waals surface area contributed by atoms with Gasteiger partial charge >= 0.3 is 0 Å². The molecule has 0 fully saturated rings. The summed E-state index contributed by atoms with van der Waals surface area (Å²) in [6.45, 7) is 0.442. The van der Waals surface area contributed by atoms with Crippen molar-refractivity contribution >= 4 is 0 Å². The first-order valence-corrected chi connectivity index (χ1v) is 5.43. The minimum atomic E-state index is 0.442. The Hall–Kier alpha value is -2.69. The maximum atomic E-state index is 7.99. The summed E-state index contributed by atoms with van der Waals surface area (Å²) in [5.41, 5.74) is 9.97. The van der Waals surface area contributed by atoms with Crippen LogP contribution in [0, 0.1) is 12.3 Å². The molecule has 0 amide bonds. The lowest BCUT2D eigenvalue weighted by Crippen LogP contribution is -1.75. The van der Waals surface area contributed by atoms with E-state index in [0.717, 1.165) is 11.1 Å². The summed E-state index contributed by atoms with van der Waals surface area (Å²) >= 11 is 0. The van der Waals surface area contributed by atoms with Crippen LogP contribution < -0.4 is 0 Å². The van der Waals surface area contributed by atoms with Gasteiger partial charge in [0, 0.05) is 10.5 Å². The zero-order valence-electron chi connectivity index (χ0n) is 9.90. The van der Waals surface area contributed by atoms with Crippen LogP contribution in [0.3, 0.4) is 0 Å². The Kier molecular flexibility index (Phi) is 6.29. The molecule has 3 nitrogen and oxygen atoms in total. The van der Waals surface area contributed by atoms with Crippen molar-refractivity contribution in [1.82, 2.24) is 0 Å². The van der Waals surface area contributed by atoms with Gasteiger partial charge in [-0.2, -0.15) is 0 Å². The molecule has 0 unspecified atom stereocenters. The predicted octanol–water partition coefficient (Wildman–Crippen LogP) is 4.16. The van der Waals surface area contributed by atoms with Gasteiger partial charge in [0.1, 0.15) is 0 Å². The highest BCUT2D eigenvalue weighted by molar-refractivity contribution is 5.30. The lowest BCUT2D eigenvalue weighted by atomic mass is 10.2. The Labute approximate surface area is 107 Å². The molecule has 0 aliphatic heterocycles. The molecule has 2 aromatic rings. The molecular weight excluding hydrogens is 222 g/mol. The molecule has 0 spiro atoms. The van der Waals surface area contributed by atoms with Crippen molar-refractivity contribution in [3.63, 3.8) is 0 Å². The van der Waals surface area contributed by atoms with Crippen LogP contribution in [-0.4, -0.2) is 0 Å². The maximum Gasteiger partial charge on any atom is 0.0510 e. The summed E-state index contributed by atoms with van der Waals surface area (Å²) < 4.78 is 0. The number of rotatable bonds is 2. The van der Waals surface area contributed by atoms with Crippen LogP contribution in [0.1, 0.15) is 11.1 Å². The van der Waals surface area contributed by atoms with E-state index in [1.54, 1.807) is 0 Å². The molecule has 0 N–H and O–H groups in total. The second-order valence-corrected chi connectivity index (χ2v) is 3.38. The van der Waals surface area contributed by atoms with Gasteiger partial charge in [-0.3, -0.25) is 0 Å². The van der Waals surface area contributed by atoms with E-state index in [4.69, 9.17) is 12.0 Å². The van der Waals surface area contributed by atoms with Crippen molar-refractivity contribution in [2.75, 3.05) is 0 Å². The average molecular weight is 235 g/mol. The van der Waals surface area contributed by atoms with Gasteiger partial charge in [0.15, 0.2) is 0 Å². The van der Waals surface area contributed by atoms with Gasteiger partial charge in [-0.05, 0) is 23.2 Å². The van der Waals surface area contributed by atoms with Gasteiger partial charge < -0.3 is 0 Å². The van der Waals surface area contributed by atoms with Crippen molar-refractivity contribution in [3.8, 4) is 12.3 Å². The molecule has 0 atom stereocenters. The molecule has 2 aromatic carbocycles. The fourth-order valence-corrected chi connectivity index (χ4v) is 1.23. The molecule has 2 rings (SSSR count). The summed E-state index contributed by atoms with van der Waals surface area (Å²) in [7, 11) is 0. The molecule has 0 heterocycles. The van der Waals surface area contributed by atoms with Crippen LogP contribution in [0.15, 0.2) is 65.8 Å². The van der Waals surface area contributed by atoms with E-state index in [-0.39, 0.29) is 0 Å². The summed E-state index contributed by atoms with van der Waals surface area (Å²) in [6.07, 6.45) is 5.10. The minimum Gasteiger partial charge on any atom is -0.115 e. The molecule has 88 valence electrons. The van der Waals surface area contributed by atoms with Gasteiger partial charge in [-0.25, -0.2) is 0 Å². The van der Waals surface area contributed by atoms with E-state index >= 15 is 0 Å². The summed E-state index contributed by atoms with van der Waals surface area (Å²) in [6, 6.07) is 19.2. The summed E-state index contributed by atoms with van der Waals surface area (Å²) in [5.74, 6) is 2.53. The number of terminal acetylenes is 1. The first-order chi connectivity index (χ1) is 8.86. The SMILES string of the molecule is C#Cc1ccccc1.[N-]=[N+]=NCc1ccccc1. The standard InChI is InChI=1S/C8H6.C7H7N3/c1-2-8-6-4-3-5-7-8;8-10-9-6-7-4-2-1-3-5-7/h1,3-7H;1-5H,6H2. The van der Waals surface area contributed by atoms with E-state index < -0.39 is 0 Å². The summed E-state index contributed by atoms with van der Waals surface area (Å²) in [5, 5.41) is 3.42. The van der Waals surface area contributed by atoms with E-state index in [2.05, 4.69) is 15.9 Å². The minimum absolute atomic E-state index is 0.442. The fourth-order valence-electron chi connectivity index (χ4n) is 1.23. The predicted molar refractivity (Wildman–Crippen MR) is 73.7 cm³/mol. The maximum absolute atomic E-state index is 7.99. The number of nitrogens with zero attached hydrogens (tertiary/aromatic N) is 3. The van der Waals surface area contributed by atoms with E-state index in [9.17, 15) is 0 Å². The monoisotopic (exact) mass is 235 g/mol. The molecule has 0 saturated heterocycles. The van der Waals surface area contributed by atoms with Crippen molar-refractivity contribution in [1.29, 1.82) is 0 Å². The van der Waals surface area contributed by atoms with E-state index in [1.165, 1.54) is 0 Å². The number of azide groups is 1. The number of hydrogen-bond acceptors (Lipinski definition) is 1. The molecule has 0 radical (unpaired) electrons. The summed E-state index contributed by atoms with van der Waals surface area (Å²) in [4.78, 5) is 2.66. The molecule has 0 saturated carbocycles. The molecule has 3 heteroatoms. The fraction of sp³-hybridized carbons (Fsp3) is 0.0667. The molecular formula is C15H13N3. The largest absolute Gasteiger partial charge is 0.115 e. The molecule has 0 aliphatic rings. The molecule has 0 aromatic heterocycles. The van der Waals surface area contributed by atoms with Gasteiger partial charge in [-0.1, -0.05) is 59.6 Å². The van der Waals surface area contributed by atoms with Crippen molar-refractivity contribution in [2.45, 2.75) is 6.54 Å². The van der Waals surface area contributed by atoms with Gasteiger partial charge in [-0.15, -0.1) is 6.42 Å². The normalized spacial score (nSPS) is 8.17. The van der Waals surface area contributed by atoms with Crippen molar-refractivity contribution in [3.05, 3.63) is 82.2 Å². The topological polar surface area (TPSA) is 48.8 Å². The van der Waals surface area contributed by atoms with Crippen LogP contribution >= 0.6 is 0 Å². The second kappa shape index (κ2) is 8.46. The van der Waals surface area contributed by atoms with Gasteiger partial charge in [0.2, 0.25) is 0 Å². The third-order valence-corrected chi connectivity index (χ3v) is 2.10. The zero-order valence-corrected chi connectivity index (χ0v) is 9.90. The molecule has 0 aliphatic carbocycles. The van der Waals surface area contributed by atoms with E-state index in [0.29, 0.717) is 6.54 Å². The van der Waals surface area contributed by atoms with Crippen LogP contribution in [0.25, 0.3) is 10.4 Å². The lowest BCUT2D eigenvalue weighted by Gasteiger charge is -1.90. The number of benzene rings is 2. The first kappa shape index (κ1) is 13.4. The van der Waals surface area contributed by atoms with Crippen LogP contribution in [0.5, 0.6) is 0 Å². The van der Waals surface area contributed by atoms with Gasteiger partial charge in [0.25, 0.3) is 0 Å². The lowest BCUT2D eigenvalue weighted by molar-refractivity contribution is 1.05. The Balaban J connectivity index is 0.000000184. The zero-order chi connectivity index (χ0) is 13.1. The second-order valence-electron chi connectivity index (χ2n) is 3.38. The Bertz CT molecular complexity index is 535. The third kappa shape index (κ3) is 5.41. The highest BCUT2D eigenvalue weighted by Gasteiger charge is 1.84. The number of hydrogen-bond donors (Lipinski definition) is 0. The van der Waals surface area contributed by atoms with Crippen molar-refractivity contribution < 1.29 is 0 Å². The third-order valence-electron chi connectivity index (χ3n) is 2.10. The Morgan fingerprint density at radius 1 is 1.00 bits per heavy atom. The van der Waals surface area contributed by atoms with E-state index in [1.807, 2.05) is 60.7 Å². The Morgan fingerprint density at radius 3 is 2.00 bits per heavy atom. The molecule has 0 bridgehead atoms.